The number of aliphatic carboxylic acids is 1. The number of carbonyl (C=O) groups excluding carboxylic acids is 5. The van der Waals surface area contributed by atoms with Crippen LogP contribution in [0.15, 0.2) is 88.5 Å². The summed E-state index contributed by atoms with van der Waals surface area (Å²) >= 11 is 0. The van der Waals surface area contributed by atoms with Gasteiger partial charge in [-0.2, -0.15) is 0 Å². The van der Waals surface area contributed by atoms with Crippen LogP contribution in [0.1, 0.15) is 30.7 Å². The van der Waals surface area contributed by atoms with Crippen LogP contribution in [-0.4, -0.2) is 125 Å². The molecule has 0 unspecified atom stereocenters. The number of nitrogens with one attached hydrogen (secondary N) is 6. The third-order valence-electron chi connectivity index (χ3n) is 10.1. The highest BCUT2D eigenvalue weighted by Crippen LogP contribution is 2.30. The molecule has 6 amide bonds. The van der Waals surface area contributed by atoms with Crippen molar-refractivity contribution in [3.63, 3.8) is 0 Å². The molecule has 2 aromatic heterocycles. The van der Waals surface area contributed by atoms with Gasteiger partial charge in [0.2, 0.25) is 29.9 Å². The second-order valence-corrected chi connectivity index (χ2v) is 14.5. The van der Waals surface area contributed by atoms with Crippen molar-refractivity contribution in [3.8, 4) is 5.75 Å². The Morgan fingerprint density at radius 1 is 0.968 bits per heavy atom. The lowest BCUT2D eigenvalue weighted by molar-refractivity contribution is -0.139. The largest absolute Gasteiger partial charge is 0.508 e. The zero-order valence-electron chi connectivity index (χ0n) is 33.2. The number of amides is 6. The first-order chi connectivity index (χ1) is 29.3. The summed E-state index contributed by atoms with van der Waals surface area (Å²) in [4.78, 5) is 109. The number of phenolic OH excluding ortho intramolecular Hbond substituents is 1. The predicted octanol–water partition coefficient (Wildman–Crippen LogP) is -2.93. The number of aliphatic hydroxyl groups is 2. The Balaban J connectivity index is 1.37. The summed E-state index contributed by atoms with van der Waals surface area (Å²) in [6.07, 6.45) is -2.80. The van der Waals surface area contributed by atoms with Crippen molar-refractivity contribution in [1.29, 1.82) is 0 Å². The minimum absolute atomic E-state index is 0.0475. The normalized spacial score (nSPS) is 19.0. The SMILES string of the molecule is C[C@@H]([C@H](NC(=O)[C@H](CC(N)=O)NC(=O)N[C@@H](Cc1c[nH]c2ccccc12)C(=O)O)C(=O)N/C=C1\O[C@@H](n2ccc(=O)[nH]c2=O)[C@H](O)[C@@H]1O)N(C)C(=O)[C@@H](N)Cc1cccc(O)c1. The topological polar surface area (TPSA) is 367 Å². The first-order valence-electron chi connectivity index (χ1n) is 18.9. The molecule has 2 aromatic carbocycles. The van der Waals surface area contributed by atoms with E-state index in [1.165, 1.54) is 26.1 Å². The molecule has 5 rings (SSSR count). The number of aromatic amines is 2. The molecule has 1 aliphatic rings. The van der Waals surface area contributed by atoms with E-state index in [0.29, 0.717) is 16.5 Å². The number of nitrogens with two attached hydrogens (primary N) is 2. The molecule has 0 radical (unpaired) electrons. The third kappa shape index (κ3) is 11.0. The lowest BCUT2D eigenvalue weighted by atomic mass is 10.0. The summed E-state index contributed by atoms with van der Waals surface area (Å²) in [6, 6.07) is 5.25. The monoisotopic (exact) mass is 862 g/mol. The van der Waals surface area contributed by atoms with Crippen molar-refractivity contribution in [2.75, 3.05) is 7.05 Å². The smallest absolute Gasteiger partial charge is 0.331 e. The first kappa shape index (κ1) is 45.6. The molecule has 3 heterocycles. The number of ether oxygens (including phenoxy) is 1. The Kier molecular flexibility index (Phi) is 14.5. The number of benzene rings is 2. The fourth-order valence-electron chi connectivity index (χ4n) is 6.66. The number of aromatic hydroxyl groups is 1. The number of rotatable bonds is 17. The fourth-order valence-corrected chi connectivity index (χ4v) is 6.66. The van der Waals surface area contributed by atoms with Crippen molar-refractivity contribution >= 4 is 46.5 Å². The average Bonchev–Trinajstić information content (AvgIpc) is 3.75. The average molecular weight is 863 g/mol. The number of nitrogens with zero attached hydrogens (tertiary/aromatic N) is 2. The Bertz CT molecular complexity index is 2480. The highest BCUT2D eigenvalue weighted by atomic mass is 16.6. The van der Waals surface area contributed by atoms with E-state index in [1.807, 2.05) is 4.98 Å². The summed E-state index contributed by atoms with van der Waals surface area (Å²) in [5, 5.41) is 51.0. The molecule has 0 bridgehead atoms. The van der Waals surface area contributed by atoms with Gasteiger partial charge in [-0.3, -0.25) is 33.5 Å². The lowest BCUT2D eigenvalue weighted by Crippen LogP contribution is -2.62. The second kappa shape index (κ2) is 19.7. The number of likely N-dealkylation sites (N-methyl/N-ethyl adjacent to an activating group) is 1. The van der Waals surface area contributed by atoms with E-state index in [9.17, 15) is 58.8 Å². The molecule has 8 atom stereocenters. The quantitative estimate of drug-likeness (QED) is 0.0506. The molecular formula is C39H46N10O13. The Hall–Kier alpha value is -7.50. The van der Waals surface area contributed by atoms with Crippen molar-refractivity contribution in [1.82, 2.24) is 40.7 Å². The van der Waals surface area contributed by atoms with Crippen LogP contribution in [-0.2, 0) is 41.6 Å². The molecule has 1 fully saturated rings. The zero-order chi connectivity index (χ0) is 45.4. The molecule has 0 aliphatic carbocycles. The van der Waals surface area contributed by atoms with Crippen LogP contribution in [0.3, 0.4) is 0 Å². The number of hydrogen-bond donors (Lipinski definition) is 12. The minimum Gasteiger partial charge on any atom is -0.508 e. The van der Waals surface area contributed by atoms with E-state index in [-0.39, 0.29) is 18.6 Å². The molecule has 1 aliphatic heterocycles. The summed E-state index contributed by atoms with van der Waals surface area (Å²) in [7, 11) is 1.28. The second-order valence-electron chi connectivity index (χ2n) is 14.5. The maximum atomic E-state index is 13.9. The van der Waals surface area contributed by atoms with Gasteiger partial charge in [-0.25, -0.2) is 14.4 Å². The van der Waals surface area contributed by atoms with Crippen LogP contribution in [0.5, 0.6) is 5.75 Å². The van der Waals surface area contributed by atoms with Gasteiger partial charge in [-0.15, -0.1) is 0 Å². The van der Waals surface area contributed by atoms with E-state index in [0.717, 1.165) is 33.4 Å². The molecule has 0 saturated carbocycles. The lowest BCUT2D eigenvalue weighted by Gasteiger charge is -2.34. The number of hydrogen-bond acceptors (Lipinski definition) is 13. The van der Waals surface area contributed by atoms with Gasteiger partial charge in [-0.05, 0) is 42.7 Å². The molecular weight excluding hydrogens is 816 g/mol. The van der Waals surface area contributed by atoms with Crippen molar-refractivity contribution in [2.45, 2.75) is 74.8 Å². The Morgan fingerprint density at radius 2 is 1.68 bits per heavy atom. The van der Waals surface area contributed by atoms with Crippen LogP contribution >= 0.6 is 0 Å². The standard InChI is InChI=1S/C39H46N10O13/c1-18(48(2)35(57)23(40)13-19-6-5-7-21(50)12-19)30(34(56)43-17-27-31(53)32(54)36(62-27)49-11-10-29(52)46-39(49)61)47-33(55)25(15-28(41)51)44-38(60)45-26(37(58)59)14-20-16-42-24-9-4-3-8-22(20)24/h3-12,16-18,23,25-26,30-32,36,42,50,53-54H,13-15,40H2,1-2H3,(H2,41,51)(H,43,56)(H,47,55)(H,58,59)(H2,44,45,60)(H,46,52,61)/b27-17-/t18-,23-,25-,26-,30-,31+,32+,36+/m0/s1. The number of para-hydroxylation sites is 1. The van der Waals surface area contributed by atoms with Gasteiger partial charge in [0.05, 0.1) is 18.5 Å². The minimum atomic E-state index is -1.82. The maximum Gasteiger partial charge on any atom is 0.331 e. The van der Waals surface area contributed by atoms with Crippen molar-refractivity contribution < 1.29 is 53.9 Å². The molecule has 330 valence electrons. The van der Waals surface area contributed by atoms with Crippen LogP contribution in [0.25, 0.3) is 10.9 Å². The van der Waals surface area contributed by atoms with E-state index < -0.39 is 108 Å². The number of fused-ring (bicyclic) bond motifs is 1. The van der Waals surface area contributed by atoms with Gasteiger partial charge < -0.3 is 67.8 Å². The van der Waals surface area contributed by atoms with Gasteiger partial charge >= 0.3 is 17.7 Å². The molecule has 0 spiro atoms. The van der Waals surface area contributed by atoms with Crippen LogP contribution in [0, 0.1) is 0 Å². The zero-order valence-corrected chi connectivity index (χ0v) is 33.2. The van der Waals surface area contributed by atoms with Crippen LogP contribution in [0.4, 0.5) is 4.79 Å². The van der Waals surface area contributed by atoms with Crippen LogP contribution in [0.2, 0.25) is 0 Å². The number of carboxylic acid groups (broad SMARTS) is 1. The van der Waals surface area contributed by atoms with E-state index in [2.05, 4.69) is 26.3 Å². The van der Waals surface area contributed by atoms with Gasteiger partial charge in [0.15, 0.2) is 0 Å². The van der Waals surface area contributed by atoms with Gasteiger partial charge in [0.1, 0.15) is 41.8 Å². The summed E-state index contributed by atoms with van der Waals surface area (Å²) in [6.45, 7) is 1.35. The molecule has 23 nitrogen and oxygen atoms in total. The van der Waals surface area contributed by atoms with E-state index in [1.54, 1.807) is 42.6 Å². The summed E-state index contributed by atoms with van der Waals surface area (Å²) in [5.41, 5.74) is 11.7. The highest BCUT2D eigenvalue weighted by Gasteiger charge is 2.42. The molecule has 1 saturated heterocycles. The molecule has 62 heavy (non-hydrogen) atoms. The third-order valence-corrected chi connectivity index (χ3v) is 10.1. The summed E-state index contributed by atoms with van der Waals surface area (Å²) in [5.74, 6) is -6.02. The predicted molar refractivity (Wildman–Crippen MR) is 216 cm³/mol. The van der Waals surface area contributed by atoms with Gasteiger partial charge in [-0.1, -0.05) is 30.3 Å². The number of primary amides is 1. The van der Waals surface area contributed by atoms with Gasteiger partial charge in [0.25, 0.3) is 5.56 Å². The Morgan fingerprint density at radius 3 is 2.35 bits per heavy atom. The number of aromatic nitrogens is 3. The number of H-pyrrole nitrogens is 2. The maximum absolute atomic E-state index is 13.9. The summed E-state index contributed by atoms with van der Waals surface area (Å²) < 4.78 is 6.31. The van der Waals surface area contributed by atoms with Crippen molar-refractivity contribution in [2.24, 2.45) is 11.5 Å². The Labute approximate surface area is 350 Å². The van der Waals surface area contributed by atoms with Crippen LogP contribution < -0.4 is 44.0 Å². The highest BCUT2D eigenvalue weighted by molar-refractivity contribution is 5.96. The molecule has 23 heteroatoms. The number of carboxylic acids is 1. The number of phenols is 1. The van der Waals surface area contributed by atoms with Gasteiger partial charge in [0, 0.05) is 49.0 Å². The van der Waals surface area contributed by atoms with E-state index in [4.69, 9.17) is 16.2 Å². The number of aliphatic hydroxyl groups excluding tert-OH is 2. The van der Waals surface area contributed by atoms with E-state index >= 15 is 0 Å². The first-order valence-corrected chi connectivity index (χ1v) is 18.9. The molecule has 4 aromatic rings. The molecule has 14 N–H and O–H groups in total. The number of urea groups is 1. The van der Waals surface area contributed by atoms with Crippen molar-refractivity contribution in [3.05, 3.63) is 111 Å². The number of carbonyl (C=O) groups is 6. The fraction of sp³-hybridized carbons (Fsp3) is 0.333.